The first-order chi connectivity index (χ1) is 6.18. The van der Waals surface area contributed by atoms with Crippen LogP contribution in [0.2, 0.25) is 5.02 Å². The fourth-order valence-corrected chi connectivity index (χ4v) is 0.906. The van der Waals surface area contributed by atoms with E-state index < -0.39 is 0 Å². The summed E-state index contributed by atoms with van der Waals surface area (Å²) in [5.74, 6) is 0.354. The van der Waals surface area contributed by atoms with Crippen LogP contribution < -0.4 is 11.1 Å². The summed E-state index contributed by atoms with van der Waals surface area (Å²) in [6.07, 6.45) is 1.83. The molecule has 0 fully saturated rings. The molecular weight excluding hydrogens is 190 g/mol. The van der Waals surface area contributed by atoms with Gasteiger partial charge < -0.3 is 11.1 Å². The minimum Gasteiger partial charge on any atom is -0.370 e. The second-order valence-electron chi connectivity index (χ2n) is 2.50. The van der Waals surface area contributed by atoms with Gasteiger partial charge in [0.2, 0.25) is 5.91 Å². The average molecular weight is 200 g/mol. The van der Waals surface area contributed by atoms with Crippen LogP contribution in [0.5, 0.6) is 0 Å². The number of nitrogens with two attached hydrogens (primary N) is 1. The van der Waals surface area contributed by atoms with Gasteiger partial charge in [0.15, 0.2) is 0 Å². The molecule has 1 amide bonds. The summed E-state index contributed by atoms with van der Waals surface area (Å²) in [5, 5.41) is 3.52. The molecular formula is C8H10ClN3O. The molecule has 70 valence electrons. The van der Waals surface area contributed by atoms with E-state index in [2.05, 4.69) is 10.3 Å². The summed E-state index contributed by atoms with van der Waals surface area (Å²) in [6, 6.07) is 3.46. The summed E-state index contributed by atoms with van der Waals surface area (Å²) >= 11 is 5.63. The summed E-state index contributed by atoms with van der Waals surface area (Å²) in [4.78, 5) is 14.4. The van der Waals surface area contributed by atoms with Crippen molar-refractivity contribution < 1.29 is 4.79 Å². The number of carbonyl (C=O) groups is 1. The van der Waals surface area contributed by atoms with E-state index in [0.717, 1.165) is 0 Å². The lowest BCUT2D eigenvalue weighted by molar-refractivity contribution is -0.117. The Bertz CT molecular complexity index is 286. The largest absolute Gasteiger partial charge is 0.370 e. The highest BCUT2D eigenvalue weighted by molar-refractivity contribution is 6.30. The molecule has 0 atom stereocenters. The monoisotopic (exact) mass is 199 g/mol. The Labute approximate surface area is 81.1 Å². The predicted molar refractivity (Wildman–Crippen MR) is 51.5 cm³/mol. The maximum atomic E-state index is 10.4. The van der Waals surface area contributed by atoms with Gasteiger partial charge in [0, 0.05) is 19.2 Å². The van der Waals surface area contributed by atoms with Crippen molar-refractivity contribution in [3.05, 3.63) is 23.4 Å². The molecule has 0 radical (unpaired) electrons. The molecule has 0 saturated carbocycles. The van der Waals surface area contributed by atoms with Gasteiger partial charge >= 0.3 is 0 Å². The third-order valence-electron chi connectivity index (χ3n) is 1.40. The van der Waals surface area contributed by atoms with Crippen molar-refractivity contribution >= 4 is 23.3 Å². The van der Waals surface area contributed by atoms with Crippen LogP contribution in [0.4, 0.5) is 5.82 Å². The van der Waals surface area contributed by atoms with Gasteiger partial charge in [-0.05, 0) is 12.1 Å². The molecule has 0 spiro atoms. The molecule has 4 nitrogen and oxygen atoms in total. The minimum atomic E-state index is -0.332. The summed E-state index contributed by atoms with van der Waals surface area (Å²) in [6.45, 7) is 0.490. The van der Waals surface area contributed by atoms with Crippen LogP contribution in [-0.2, 0) is 4.79 Å². The maximum Gasteiger partial charge on any atom is 0.219 e. The van der Waals surface area contributed by atoms with Crippen LogP contribution in [0.1, 0.15) is 6.42 Å². The van der Waals surface area contributed by atoms with Crippen molar-refractivity contribution in [3.63, 3.8) is 0 Å². The summed E-state index contributed by atoms with van der Waals surface area (Å²) in [7, 11) is 0. The molecule has 1 aromatic heterocycles. The quantitative estimate of drug-likeness (QED) is 0.761. The standard InChI is InChI=1S/C8H10ClN3O/c9-6-1-2-8(12-5-6)11-4-3-7(10)13/h1-2,5H,3-4H2,(H2,10,13)(H,11,12). The van der Waals surface area contributed by atoms with Crippen LogP contribution >= 0.6 is 11.6 Å². The van der Waals surface area contributed by atoms with E-state index in [-0.39, 0.29) is 5.91 Å². The topological polar surface area (TPSA) is 68.0 Å². The molecule has 0 aliphatic carbocycles. The van der Waals surface area contributed by atoms with E-state index in [4.69, 9.17) is 17.3 Å². The second kappa shape index (κ2) is 4.67. The van der Waals surface area contributed by atoms with Gasteiger partial charge in [0.25, 0.3) is 0 Å². The highest BCUT2D eigenvalue weighted by Crippen LogP contribution is 2.08. The second-order valence-corrected chi connectivity index (χ2v) is 2.94. The number of primary amides is 1. The predicted octanol–water partition coefficient (Wildman–Crippen LogP) is 1.02. The van der Waals surface area contributed by atoms with Gasteiger partial charge in [0.05, 0.1) is 5.02 Å². The lowest BCUT2D eigenvalue weighted by Crippen LogP contribution is -2.16. The molecule has 0 aliphatic rings. The fraction of sp³-hybridized carbons (Fsp3) is 0.250. The highest BCUT2D eigenvalue weighted by atomic mass is 35.5. The molecule has 1 rings (SSSR count). The van der Waals surface area contributed by atoms with E-state index in [9.17, 15) is 4.79 Å². The Morgan fingerprint density at radius 2 is 2.38 bits per heavy atom. The maximum absolute atomic E-state index is 10.4. The van der Waals surface area contributed by atoms with Gasteiger partial charge in [-0.2, -0.15) is 0 Å². The third-order valence-corrected chi connectivity index (χ3v) is 1.63. The molecule has 0 saturated heterocycles. The minimum absolute atomic E-state index is 0.296. The number of amides is 1. The number of carbonyl (C=O) groups excluding carboxylic acids is 1. The van der Waals surface area contributed by atoms with Gasteiger partial charge in [-0.25, -0.2) is 4.98 Å². The number of rotatable bonds is 4. The zero-order valence-corrected chi connectivity index (χ0v) is 7.71. The Hall–Kier alpha value is -1.29. The number of aromatic nitrogens is 1. The number of hydrogen-bond donors (Lipinski definition) is 2. The van der Waals surface area contributed by atoms with Gasteiger partial charge in [-0.3, -0.25) is 4.79 Å². The van der Waals surface area contributed by atoms with E-state index in [1.54, 1.807) is 12.1 Å². The van der Waals surface area contributed by atoms with Gasteiger partial charge in [-0.15, -0.1) is 0 Å². The number of pyridine rings is 1. The van der Waals surface area contributed by atoms with Crippen LogP contribution in [0.25, 0.3) is 0 Å². The zero-order valence-electron chi connectivity index (χ0n) is 6.96. The van der Waals surface area contributed by atoms with Crippen molar-refractivity contribution in [2.75, 3.05) is 11.9 Å². The van der Waals surface area contributed by atoms with Crippen molar-refractivity contribution in [2.45, 2.75) is 6.42 Å². The Kier molecular flexibility index (Phi) is 3.52. The summed E-state index contributed by atoms with van der Waals surface area (Å²) in [5.41, 5.74) is 4.96. The number of nitrogens with zero attached hydrogens (tertiary/aromatic N) is 1. The summed E-state index contributed by atoms with van der Waals surface area (Å²) < 4.78 is 0. The normalized spacial score (nSPS) is 9.62. The Morgan fingerprint density at radius 1 is 1.62 bits per heavy atom. The molecule has 0 aliphatic heterocycles. The van der Waals surface area contributed by atoms with Gasteiger partial charge in [0.1, 0.15) is 5.82 Å². The molecule has 0 unspecified atom stereocenters. The molecule has 3 N–H and O–H groups in total. The highest BCUT2D eigenvalue weighted by Gasteiger charge is 1.95. The zero-order chi connectivity index (χ0) is 9.68. The number of hydrogen-bond acceptors (Lipinski definition) is 3. The van der Waals surface area contributed by atoms with E-state index >= 15 is 0 Å². The van der Waals surface area contributed by atoms with Crippen LogP contribution in [-0.4, -0.2) is 17.4 Å². The SMILES string of the molecule is NC(=O)CCNc1ccc(Cl)cn1. The third kappa shape index (κ3) is 3.75. The molecule has 0 aromatic carbocycles. The number of halogens is 1. The molecule has 0 bridgehead atoms. The van der Waals surface area contributed by atoms with E-state index in [0.29, 0.717) is 23.8 Å². The average Bonchev–Trinajstić information content (AvgIpc) is 2.08. The van der Waals surface area contributed by atoms with Crippen LogP contribution in [0, 0.1) is 0 Å². The molecule has 13 heavy (non-hydrogen) atoms. The van der Waals surface area contributed by atoms with E-state index in [1.807, 2.05) is 0 Å². The molecule has 1 aromatic rings. The first-order valence-electron chi connectivity index (χ1n) is 3.82. The van der Waals surface area contributed by atoms with Gasteiger partial charge in [-0.1, -0.05) is 11.6 Å². The van der Waals surface area contributed by atoms with Crippen LogP contribution in [0.3, 0.4) is 0 Å². The molecule has 5 heteroatoms. The lowest BCUT2D eigenvalue weighted by atomic mass is 10.4. The van der Waals surface area contributed by atoms with Crippen molar-refractivity contribution in [1.29, 1.82) is 0 Å². The number of anilines is 1. The van der Waals surface area contributed by atoms with Crippen molar-refractivity contribution in [2.24, 2.45) is 5.73 Å². The van der Waals surface area contributed by atoms with Crippen molar-refractivity contribution in [1.82, 2.24) is 4.98 Å². The number of nitrogens with one attached hydrogen (secondary N) is 1. The van der Waals surface area contributed by atoms with E-state index in [1.165, 1.54) is 6.20 Å². The Balaban J connectivity index is 2.37. The Morgan fingerprint density at radius 3 is 2.92 bits per heavy atom. The lowest BCUT2D eigenvalue weighted by Gasteiger charge is -2.02. The fourth-order valence-electron chi connectivity index (χ4n) is 0.794. The van der Waals surface area contributed by atoms with Crippen molar-refractivity contribution in [3.8, 4) is 0 Å². The first-order valence-corrected chi connectivity index (χ1v) is 4.20. The van der Waals surface area contributed by atoms with Crippen LogP contribution in [0.15, 0.2) is 18.3 Å². The molecule has 1 heterocycles. The smallest absolute Gasteiger partial charge is 0.219 e. The first kappa shape index (κ1) is 9.80.